The lowest BCUT2D eigenvalue weighted by atomic mass is 10.1. The monoisotopic (exact) mass is 392 g/mol. The molecule has 0 aliphatic heterocycles. The number of nitro groups is 1. The molecule has 8 heteroatoms. The third-order valence-electron chi connectivity index (χ3n) is 4.27. The fourth-order valence-corrected chi connectivity index (χ4v) is 3.74. The zero-order valence-corrected chi connectivity index (χ0v) is 15.8. The first-order valence-corrected chi connectivity index (χ1v) is 9.38. The van der Waals surface area contributed by atoms with E-state index in [1.54, 1.807) is 17.4 Å². The standard InChI is InChI=1S/C20H16N4O3S/c1-13-11-23-12-18(22-20(23)28-13)15-5-2-4-14(8-15)10-21-19(25)16-6-3-7-17(9-16)24(26)27/h2-9,11-12H,10H2,1H3,(H,21,25). The van der Waals surface area contributed by atoms with E-state index in [1.165, 1.54) is 23.1 Å². The summed E-state index contributed by atoms with van der Waals surface area (Å²) in [5, 5.41) is 13.7. The number of hydrogen-bond acceptors (Lipinski definition) is 5. The van der Waals surface area contributed by atoms with Crippen LogP contribution in [0.4, 0.5) is 5.69 Å². The number of nitrogens with zero attached hydrogens (tertiary/aromatic N) is 3. The van der Waals surface area contributed by atoms with E-state index < -0.39 is 4.92 Å². The van der Waals surface area contributed by atoms with Gasteiger partial charge in [-0.25, -0.2) is 4.98 Å². The Hall–Kier alpha value is -3.52. The SMILES string of the molecule is Cc1cn2cc(-c3cccc(CNC(=O)c4cccc([N+](=O)[O-])c4)c3)nc2s1. The van der Waals surface area contributed by atoms with Gasteiger partial charge in [0.05, 0.1) is 10.6 Å². The maximum Gasteiger partial charge on any atom is 0.270 e. The van der Waals surface area contributed by atoms with Crippen LogP contribution in [-0.2, 0) is 6.54 Å². The van der Waals surface area contributed by atoms with Crippen LogP contribution in [0.3, 0.4) is 0 Å². The number of fused-ring (bicyclic) bond motifs is 1. The molecular weight excluding hydrogens is 376 g/mol. The maximum absolute atomic E-state index is 12.3. The van der Waals surface area contributed by atoms with Gasteiger partial charge in [-0.1, -0.05) is 24.3 Å². The van der Waals surface area contributed by atoms with Gasteiger partial charge < -0.3 is 5.32 Å². The van der Waals surface area contributed by atoms with E-state index in [0.717, 1.165) is 21.8 Å². The lowest BCUT2D eigenvalue weighted by Crippen LogP contribution is -2.22. The molecule has 0 saturated carbocycles. The number of benzene rings is 2. The van der Waals surface area contributed by atoms with Crippen LogP contribution in [0.15, 0.2) is 60.9 Å². The van der Waals surface area contributed by atoms with E-state index in [1.807, 2.05) is 48.0 Å². The predicted octanol–water partition coefficient (Wildman–Crippen LogP) is 4.21. The highest BCUT2D eigenvalue weighted by Crippen LogP contribution is 2.24. The van der Waals surface area contributed by atoms with Gasteiger partial charge in [0.2, 0.25) is 0 Å². The molecule has 140 valence electrons. The summed E-state index contributed by atoms with van der Waals surface area (Å²) in [6, 6.07) is 13.5. The van der Waals surface area contributed by atoms with Crippen LogP contribution < -0.4 is 5.32 Å². The summed E-state index contributed by atoms with van der Waals surface area (Å²) in [6.45, 7) is 2.36. The summed E-state index contributed by atoms with van der Waals surface area (Å²) in [4.78, 5) is 29.4. The first-order chi connectivity index (χ1) is 13.5. The van der Waals surface area contributed by atoms with Crippen molar-refractivity contribution < 1.29 is 9.72 Å². The summed E-state index contributed by atoms with van der Waals surface area (Å²) in [5.74, 6) is -0.355. The quantitative estimate of drug-likeness (QED) is 0.407. The molecule has 0 aliphatic rings. The predicted molar refractivity (Wildman–Crippen MR) is 108 cm³/mol. The van der Waals surface area contributed by atoms with Crippen LogP contribution in [0.2, 0.25) is 0 Å². The van der Waals surface area contributed by atoms with Gasteiger partial charge in [0.25, 0.3) is 11.6 Å². The number of carbonyl (C=O) groups excluding carboxylic acids is 1. The molecule has 28 heavy (non-hydrogen) atoms. The number of hydrogen-bond donors (Lipinski definition) is 1. The van der Waals surface area contributed by atoms with Crippen molar-refractivity contribution in [2.75, 3.05) is 0 Å². The number of nitro benzene ring substituents is 1. The minimum absolute atomic E-state index is 0.107. The van der Waals surface area contributed by atoms with Crippen molar-refractivity contribution in [1.82, 2.24) is 14.7 Å². The summed E-state index contributed by atoms with van der Waals surface area (Å²) < 4.78 is 2.01. The van der Waals surface area contributed by atoms with E-state index in [9.17, 15) is 14.9 Å². The number of aryl methyl sites for hydroxylation is 1. The average molecular weight is 392 g/mol. The Morgan fingerprint density at radius 2 is 2.04 bits per heavy atom. The molecular formula is C20H16N4O3S. The largest absolute Gasteiger partial charge is 0.348 e. The molecule has 0 aliphatic carbocycles. The molecule has 0 bridgehead atoms. The zero-order valence-electron chi connectivity index (χ0n) is 15.0. The second-order valence-electron chi connectivity index (χ2n) is 6.35. The minimum Gasteiger partial charge on any atom is -0.348 e. The molecule has 0 fully saturated rings. The molecule has 2 aromatic heterocycles. The normalized spacial score (nSPS) is 10.9. The number of thiazole rings is 1. The van der Waals surface area contributed by atoms with Crippen LogP contribution in [0.25, 0.3) is 16.2 Å². The summed E-state index contributed by atoms with van der Waals surface area (Å²) in [6.07, 6.45) is 4.03. The van der Waals surface area contributed by atoms with E-state index in [2.05, 4.69) is 10.3 Å². The van der Waals surface area contributed by atoms with Crippen molar-refractivity contribution in [3.63, 3.8) is 0 Å². The minimum atomic E-state index is -0.516. The molecule has 0 saturated heterocycles. The molecule has 0 spiro atoms. The first-order valence-electron chi connectivity index (χ1n) is 8.57. The molecule has 7 nitrogen and oxygen atoms in total. The Balaban J connectivity index is 1.49. The van der Waals surface area contributed by atoms with Gasteiger partial charge in [-0.2, -0.15) is 0 Å². The van der Waals surface area contributed by atoms with Crippen molar-refractivity contribution in [2.24, 2.45) is 0 Å². The zero-order chi connectivity index (χ0) is 19.7. The average Bonchev–Trinajstić information content (AvgIpc) is 3.24. The highest BCUT2D eigenvalue weighted by molar-refractivity contribution is 7.17. The molecule has 0 unspecified atom stereocenters. The van der Waals surface area contributed by atoms with Crippen molar-refractivity contribution in [2.45, 2.75) is 13.5 Å². The Morgan fingerprint density at radius 3 is 2.82 bits per heavy atom. The fourth-order valence-electron chi connectivity index (χ4n) is 2.94. The summed E-state index contributed by atoms with van der Waals surface area (Å²) in [7, 11) is 0. The highest BCUT2D eigenvalue weighted by Gasteiger charge is 2.12. The Labute approximate surface area is 164 Å². The molecule has 4 rings (SSSR count). The van der Waals surface area contributed by atoms with Crippen LogP contribution >= 0.6 is 11.3 Å². The van der Waals surface area contributed by atoms with Crippen molar-refractivity contribution in [3.05, 3.63) is 87.0 Å². The van der Waals surface area contributed by atoms with Gasteiger partial charge in [0.15, 0.2) is 4.96 Å². The molecule has 1 amide bonds. The topological polar surface area (TPSA) is 89.5 Å². The third-order valence-corrected chi connectivity index (χ3v) is 5.18. The number of carbonyl (C=O) groups is 1. The second-order valence-corrected chi connectivity index (χ2v) is 7.56. The number of amides is 1. The van der Waals surface area contributed by atoms with E-state index in [0.29, 0.717) is 6.54 Å². The van der Waals surface area contributed by atoms with Gasteiger partial charge in [-0.3, -0.25) is 19.3 Å². The van der Waals surface area contributed by atoms with E-state index in [-0.39, 0.29) is 17.2 Å². The Bertz CT molecular complexity index is 1160. The molecule has 2 aromatic carbocycles. The number of aromatic nitrogens is 2. The third kappa shape index (κ3) is 3.63. The van der Waals surface area contributed by atoms with Gasteiger partial charge in [-0.05, 0) is 24.6 Å². The van der Waals surface area contributed by atoms with Gasteiger partial charge in [-0.15, -0.1) is 11.3 Å². The smallest absolute Gasteiger partial charge is 0.270 e. The lowest BCUT2D eigenvalue weighted by Gasteiger charge is -2.07. The van der Waals surface area contributed by atoms with Crippen LogP contribution in [0, 0.1) is 17.0 Å². The van der Waals surface area contributed by atoms with Crippen LogP contribution in [0.1, 0.15) is 20.8 Å². The molecule has 1 N–H and O–H groups in total. The molecule has 2 heterocycles. The second kappa shape index (κ2) is 7.24. The van der Waals surface area contributed by atoms with Gasteiger partial charge in [0.1, 0.15) is 0 Å². The number of imidazole rings is 1. The number of rotatable bonds is 5. The van der Waals surface area contributed by atoms with E-state index >= 15 is 0 Å². The fraction of sp³-hybridized carbons (Fsp3) is 0.100. The number of nitrogens with one attached hydrogen (secondary N) is 1. The lowest BCUT2D eigenvalue weighted by molar-refractivity contribution is -0.384. The Kier molecular flexibility index (Phi) is 4.62. The van der Waals surface area contributed by atoms with Crippen LogP contribution in [0.5, 0.6) is 0 Å². The molecule has 4 aromatic rings. The summed E-state index contributed by atoms with van der Waals surface area (Å²) >= 11 is 1.63. The first kappa shape index (κ1) is 17.9. The van der Waals surface area contributed by atoms with Gasteiger partial charge >= 0.3 is 0 Å². The van der Waals surface area contributed by atoms with Crippen LogP contribution in [-0.4, -0.2) is 20.2 Å². The Morgan fingerprint density at radius 1 is 1.21 bits per heavy atom. The van der Waals surface area contributed by atoms with Gasteiger partial charge in [0, 0.05) is 47.1 Å². The highest BCUT2D eigenvalue weighted by atomic mass is 32.1. The number of non-ortho nitro benzene ring substituents is 1. The van der Waals surface area contributed by atoms with E-state index in [4.69, 9.17) is 0 Å². The molecule has 0 atom stereocenters. The van der Waals surface area contributed by atoms with Crippen molar-refractivity contribution in [1.29, 1.82) is 0 Å². The summed E-state index contributed by atoms with van der Waals surface area (Å²) in [5.41, 5.74) is 2.91. The maximum atomic E-state index is 12.3. The van der Waals surface area contributed by atoms with Crippen molar-refractivity contribution >= 4 is 27.9 Å². The van der Waals surface area contributed by atoms with Crippen molar-refractivity contribution in [3.8, 4) is 11.3 Å². The molecule has 0 radical (unpaired) electrons.